The van der Waals surface area contributed by atoms with Gasteiger partial charge in [0.2, 0.25) is 0 Å². The van der Waals surface area contributed by atoms with Gasteiger partial charge in [0.25, 0.3) is 0 Å². The van der Waals surface area contributed by atoms with Gasteiger partial charge in [0.1, 0.15) is 0 Å². The van der Waals surface area contributed by atoms with Crippen molar-refractivity contribution in [3.05, 3.63) is 24.0 Å². The van der Waals surface area contributed by atoms with Crippen LogP contribution in [0.5, 0.6) is 0 Å². The third-order valence-electron chi connectivity index (χ3n) is 4.27. The van der Waals surface area contributed by atoms with E-state index in [1.54, 1.807) is 0 Å². The number of nitrogens with one attached hydrogen (secondary N) is 1. The van der Waals surface area contributed by atoms with Gasteiger partial charge in [-0.05, 0) is 37.3 Å². The van der Waals surface area contributed by atoms with Crippen LogP contribution in [-0.4, -0.2) is 35.1 Å². The Morgan fingerprint density at radius 1 is 1.41 bits per heavy atom. The summed E-state index contributed by atoms with van der Waals surface area (Å²) >= 11 is 0. The average Bonchev–Trinajstić information content (AvgIpc) is 2.93. The first-order chi connectivity index (χ1) is 8.09. The fourth-order valence-electron chi connectivity index (χ4n) is 3.36. The molecule has 1 unspecified atom stereocenters. The first-order valence-electron chi connectivity index (χ1n) is 6.11. The molecule has 1 saturated carbocycles. The molecule has 1 aromatic rings. The van der Waals surface area contributed by atoms with Crippen molar-refractivity contribution in [2.24, 2.45) is 5.92 Å². The van der Waals surface area contributed by atoms with Crippen LogP contribution in [0.25, 0.3) is 0 Å². The molecular formula is C12H17NO3S. The Hall–Kier alpha value is -0.810. The Morgan fingerprint density at radius 3 is 2.88 bits per heavy atom. The Morgan fingerprint density at radius 2 is 2.24 bits per heavy atom. The van der Waals surface area contributed by atoms with Crippen molar-refractivity contribution in [2.45, 2.75) is 42.3 Å². The fraction of sp³-hybridized carbons (Fsp3) is 0.667. The molecule has 2 fully saturated rings. The summed E-state index contributed by atoms with van der Waals surface area (Å²) in [5.41, 5.74) is 1.04. The smallest absolute Gasteiger partial charge is 0.156 e. The molecule has 0 bridgehead atoms. The summed E-state index contributed by atoms with van der Waals surface area (Å²) in [5.74, 6) is -0.0241. The van der Waals surface area contributed by atoms with E-state index in [1.165, 1.54) is 0 Å². The van der Waals surface area contributed by atoms with E-state index in [2.05, 4.69) is 4.98 Å². The summed E-state index contributed by atoms with van der Waals surface area (Å²) in [6.45, 7) is 0. The van der Waals surface area contributed by atoms with Crippen molar-refractivity contribution in [3.63, 3.8) is 0 Å². The molecule has 0 amide bonds. The second-order valence-corrected chi connectivity index (χ2v) is 7.67. The molecule has 0 aromatic carbocycles. The van der Waals surface area contributed by atoms with Crippen molar-refractivity contribution < 1.29 is 13.5 Å². The predicted octanol–water partition coefficient (Wildman–Crippen LogP) is 0.884. The zero-order valence-electron chi connectivity index (χ0n) is 9.54. The van der Waals surface area contributed by atoms with Crippen LogP contribution in [0.2, 0.25) is 0 Å². The summed E-state index contributed by atoms with van der Waals surface area (Å²) in [7, 11) is -3.05. The molecule has 0 spiro atoms. The summed E-state index contributed by atoms with van der Waals surface area (Å²) in [4.78, 5) is 2.95. The highest BCUT2D eigenvalue weighted by Gasteiger charge is 2.52. The number of hydrogen-bond donors (Lipinski definition) is 2. The highest BCUT2D eigenvalue weighted by atomic mass is 32.2. The van der Waals surface area contributed by atoms with E-state index in [4.69, 9.17) is 0 Å². The van der Waals surface area contributed by atoms with E-state index < -0.39 is 15.9 Å². The summed E-state index contributed by atoms with van der Waals surface area (Å²) in [6, 6.07) is 1.92. The topological polar surface area (TPSA) is 70.2 Å². The molecule has 2 aliphatic rings. The highest BCUT2D eigenvalue weighted by molar-refractivity contribution is 7.93. The molecule has 1 aliphatic carbocycles. The average molecular weight is 255 g/mol. The SMILES string of the molecule is O=S1(=O)C2CC[C@@H](O)[C@H]2C[C@@H]1Cc1cc[nH]c1. The summed E-state index contributed by atoms with van der Waals surface area (Å²) in [6.07, 6.45) is 5.73. The number of aliphatic hydroxyl groups excluding tert-OH is 1. The van der Waals surface area contributed by atoms with Crippen LogP contribution < -0.4 is 0 Å². The zero-order valence-corrected chi connectivity index (χ0v) is 10.4. The van der Waals surface area contributed by atoms with Gasteiger partial charge < -0.3 is 10.1 Å². The van der Waals surface area contributed by atoms with Crippen LogP contribution in [0.1, 0.15) is 24.8 Å². The molecule has 1 saturated heterocycles. The van der Waals surface area contributed by atoms with Gasteiger partial charge in [0.05, 0.1) is 16.6 Å². The molecule has 5 heteroatoms. The molecule has 3 rings (SSSR count). The van der Waals surface area contributed by atoms with Gasteiger partial charge in [-0.25, -0.2) is 8.42 Å². The largest absolute Gasteiger partial charge is 0.393 e. The van der Waals surface area contributed by atoms with E-state index in [1.807, 2.05) is 18.5 Å². The summed E-state index contributed by atoms with van der Waals surface area (Å²) < 4.78 is 24.6. The van der Waals surface area contributed by atoms with Gasteiger partial charge in [-0.1, -0.05) is 0 Å². The minimum Gasteiger partial charge on any atom is -0.393 e. The number of aromatic amines is 1. The number of H-pyrrole nitrogens is 1. The normalized spacial score (nSPS) is 39.4. The highest BCUT2D eigenvalue weighted by Crippen LogP contribution is 2.44. The molecule has 1 aliphatic heterocycles. The Kier molecular flexibility index (Phi) is 2.56. The Balaban J connectivity index is 1.84. The Bertz CT molecular complexity index is 494. The molecule has 1 aromatic heterocycles. The monoisotopic (exact) mass is 255 g/mol. The first-order valence-corrected chi connectivity index (χ1v) is 7.72. The van der Waals surface area contributed by atoms with Crippen molar-refractivity contribution >= 4 is 9.84 Å². The number of fused-ring (bicyclic) bond motifs is 1. The van der Waals surface area contributed by atoms with Gasteiger partial charge >= 0.3 is 0 Å². The number of rotatable bonds is 2. The molecule has 2 heterocycles. The van der Waals surface area contributed by atoms with E-state index in [0.717, 1.165) is 5.56 Å². The lowest BCUT2D eigenvalue weighted by Gasteiger charge is -2.11. The lowest BCUT2D eigenvalue weighted by molar-refractivity contribution is 0.132. The molecule has 94 valence electrons. The lowest BCUT2D eigenvalue weighted by atomic mass is 9.97. The van der Waals surface area contributed by atoms with Gasteiger partial charge in [-0.2, -0.15) is 0 Å². The van der Waals surface area contributed by atoms with Crippen LogP contribution in [0.3, 0.4) is 0 Å². The predicted molar refractivity (Wildman–Crippen MR) is 64.3 cm³/mol. The third kappa shape index (κ3) is 1.72. The molecule has 4 atom stereocenters. The van der Waals surface area contributed by atoms with E-state index in [0.29, 0.717) is 25.7 Å². The molecule has 2 N–H and O–H groups in total. The van der Waals surface area contributed by atoms with Crippen LogP contribution in [-0.2, 0) is 16.3 Å². The number of aromatic nitrogens is 1. The number of aliphatic hydroxyl groups is 1. The summed E-state index contributed by atoms with van der Waals surface area (Å²) in [5, 5.41) is 9.21. The second kappa shape index (κ2) is 3.85. The van der Waals surface area contributed by atoms with Crippen LogP contribution in [0.4, 0.5) is 0 Å². The molecule has 4 nitrogen and oxygen atoms in total. The number of hydrogen-bond acceptors (Lipinski definition) is 3. The van der Waals surface area contributed by atoms with Crippen molar-refractivity contribution in [3.8, 4) is 0 Å². The quantitative estimate of drug-likeness (QED) is 0.824. The second-order valence-electron chi connectivity index (χ2n) is 5.22. The first kappa shape index (κ1) is 11.3. The lowest BCUT2D eigenvalue weighted by Crippen LogP contribution is -2.24. The fourth-order valence-corrected chi connectivity index (χ4v) is 6.01. The van der Waals surface area contributed by atoms with Crippen LogP contribution in [0, 0.1) is 5.92 Å². The van der Waals surface area contributed by atoms with Crippen molar-refractivity contribution in [1.82, 2.24) is 4.98 Å². The van der Waals surface area contributed by atoms with Gasteiger partial charge in [-0.15, -0.1) is 0 Å². The minimum atomic E-state index is -3.05. The third-order valence-corrected chi connectivity index (χ3v) is 6.98. The van der Waals surface area contributed by atoms with Gasteiger partial charge in [0, 0.05) is 18.3 Å². The van der Waals surface area contributed by atoms with E-state index in [-0.39, 0.29) is 16.4 Å². The van der Waals surface area contributed by atoms with Gasteiger partial charge in [-0.3, -0.25) is 0 Å². The Labute approximate surface area is 101 Å². The molecular weight excluding hydrogens is 238 g/mol. The maximum Gasteiger partial charge on any atom is 0.156 e. The van der Waals surface area contributed by atoms with Gasteiger partial charge in [0.15, 0.2) is 9.84 Å². The molecule has 17 heavy (non-hydrogen) atoms. The standard InChI is InChI=1S/C12H17NO3S/c14-11-1-2-12-10(11)6-9(17(12,15)16)5-8-3-4-13-7-8/h3-4,7,9-14H,1-2,5-6H2/t9-,10+,11+,12?/m0/s1. The maximum absolute atomic E-state index is 12.3. The minimum absolute atomic E-state index is 0.0241. The number of sulfone groups is 1. The molecule has 0 radical (unpaired) electrons. The van der Waals surface area contributed by atoms with E-state index >= 15 is 0 Å². The van der Waals surface area contributed by atoms with Crippen molar-refractivity contribution in [1.29, 1.82) is 0 Å². The van der Waals surface area contributed by atoms with Crippen molar-refractivity contribution in [2.75, 3.05) is 0 Å². The zero-order chi connectivity index (χ0) is 12.0. The van der Waals surface area contributed by atoms with E-state index in [9.17, 15) is 13.5 Å². The maximum atomic E-state index is 12.3. The van der Waals surface area contributed by atoms with Crippen LogP contribution in [0.15, 0.2) is 18.5 Å². The van der Waals surface area contributed by atoms with Crippen LogP contribution >= 0.6 is 0 Å².